The Balaban J connectivity index is 3.53. The van der Waals surface area contributed by atoms with E-state index in [2.05, 4.69) is 19.2 Å². The Morgan fingerprint density at radius 2 is 1.14 bits per heavy atom. The van der Waals surface area contributed by atoms with Crippen LogP contribution < -0.4 is 5.32 Å². The largest absolute Gasteiger partial charge is 0.394 e. The fourth-order valence-electron chi connectivity index (χ4n) is 3.65. The summed E-state index contributed by atoms with van der Waals surface area (Å²) in [5.41, 5.74) is 0. The first-order valence-electron chi connectivity index (χ1n) is 12.2. The van der Waals surface area contributed by atoms with E-state index in [1.165, 1.54) is 70.6 Å². The highest BCUT2D eigenvalue weighted by Gasteiger charge is 2.19. The number of amides is 1. The van der Waals surface area contributed by atoms with Crippen molar-refractivity contribution in [2.24, 2.45) is 0 Å². The minimum Gasteiger partial charge on any atom is -0.394 e. The summed E-state index contributed by atoms with van der Waals surface area (Å²) in [7, 11) is 0. The number of aliphatic hydroxyl groups excluding tert-OH is 2. The van der Waals surface area contributed by atoms with Crippen molar-refractivity contribution < 1.29 is 15.0 Å². The third-order valence-corrected chi connectivity index (χ3v) is 5.62. The maximum Gasteiger partial charge on any atom is 0.220 e. The van der Waals surface area contributed by atoms with Gasteiger partial charge in [-0.05, 0) is 12.8 Å². The molecule has 0 saturated heterocycles. The number of unbranched alkanes of at least 4 members (excludes halogenated alkanes) is 14. The Morgan fingerprint density at radius 3 is 1.61 bits per heavy atom. The highest BCUT2D eigenvalue weighted by molar-refractivity contribution is 5.76. The van der Waals surface area contributed by atoms with Crippen LogP contribution in [0.25, 0.3) is 0 Å². The van der Waals surface area contributed by atoms with Crippen LogP contribution in [0.3, 0.4) is 0 Å². The highest BCUT2D eigenvalue weighted by Crippen LogP contribution is 2.14. The van der Waals surface area contributed by atoms with Crippen molar-refractivity contribution in [3.8, 4) is 0 Å². The molecule has 0 heterocycles. The lowest BCUT2D eigenvalue weighted by molar-refractivity contribution is -0.123. The smallest absolute Gasteiger partial charge is 0.220 e. The summed E-state index contributed by atoms with van der Waals surface area (Å²) >= 11 is 0. The summed E-state index contributed by atoms with van der Waals surface area (Å²) in [5.74, 6) is -0.0584. The van der Waals surface area contributed by atoms with Crippen molar-refractivity contribution in [3.63, 3.8) is 0 Å². The first-order valence-corrected chi connectivity index (χ1v) is 12.2. The van der Waals surface area contributed by atoms with Crippen LogP contribution in [0, 0.1) is 0 Å². The molecule has 0 aliphatic heterocycles. The van der Waals surface area contributed by atoms with Crippen LogP contribution >= 0.6 is 0 Å². The monoisotopic (exact) mass is 399 g/mol. The average molecular weight is 400 g/mol. The molecule has 28 heavy (non-hydrogen) atoms. The lowest BCUT2D eigenvalue weighted by Crippen LogP contribution is -2.45. The molecule has 1 amide bonds. The number of rotatable bonds is 21. The quantitative estimate of drug-likeness (QED) is 0.211. The molecule has 0 unspecified atom stereocenters. The fourth-order valence-corrected chi connectivity index (χ4v) is 3.65. The Kier molecular flexibility index (Phi) is 20.6. The fraction of sp³-hybridized carbons (Fsp3) is 0.958. The molecule has 4 nitrogen and oxygen atoms in total. The zero-order valence-corrected chi connectivity index (χ0v) is 18.9. The summed E-state index contributed by atoms with van der Waals surface area (Å²) in [6.45, 7) is 4.17. The maximum atomic E-state index is 11.8. The zero-order chi connectivity index (χ0) is 20.9. The van der Waals surface area contributed by atoms with E-state index >= 15 is 0 Å². The standard InChI is InChI=1S/C24H49NO3/c1-3-5-7-8-9-10-11-12-13-14-15-16-18-19-23(27)22(21-26)25-24(28)20-17-6-4-2/h22-23,26-27H,3-21H2,1-2H3,(H,25,28)/t22-,23-/m1/s1. The van der Waals surface area contributed by atoms with E-state index in [9.17, 15) is 15.0 Å². The summed E-state index contributed by atoms with van der Waals surface area (Å²) in [5, 5.41) is 22.5. The Morgan fingerprint density at radius 1 is 0.714 bits per heavy atom. The summed E-state index contributed by atoms with van der Waals surface area (Å²) in [4.78, 5) is 11.8. The molecule has 0 aromatic rings. The molecule has 0 radical (unpaired) electrons. The molecule has 0 spiro atoms. The minimum absolute atomic E-state index is 0.0584. The topological polar surface area (TPSA) is 69.6 Å². The van der Waals surface area contributed by atoms with E-state index in [0.717, 1.165) is 32.1 Å². The molecule has 0 aliphatic carbocycles. The van der Waals surface area contributed by atoms with Crippen molar-refractivity contribution in [2.45, 2.75) is 142 Å². The normalized spacial score (nSPS) is 13.4. The molecule has 0 aromatic heterocycles. The van der Waals surface area contributed by atoms with Gasteiger partial charge in [-0.3, -0.25) is 4.79 Å². The molecule has 0 aliphatic rings. The van der Waals surface area contributed by atoms with E-state index in [-0.39, 0.29) is 12.5 Å². The molecule has 0 saturated carbocycles. The Bertz CT molecular complexity index is 336. The molecule has 4 heteroatoms. The lowest BCUT2D eigenvalue weighted by Gasteiger charge is -2.22. The summed E-state index contributed by atoms with van der Waals surface area (Å²) in [6, 6.07) is -0.522. The van der Waals surface area contributed by atoms with Gasteiger partial charge in [0.15, 0.2) is 0 Å². The van der Waals surface area contributed by atoms with Crippen LogP contribution in [-0.4, -0.2) is 34.9 Å². The number of hydrogen-bond donors (Lipinski definition) is 3. The molecule has 168 valence electrons. The van der Waals surface area contributed by atoms with Gasteiger partial charge in [0.1, 0.15) is 0 Å². The molecular formula is C24H49NO3. The SMILES string of the molecule is CCCCCCCCCCCCCCC[C@@H](O)[C@@H](CO)NC(=O)CCCCC. The van der Waals surface area contributed by atoms with E-state index < -0.39 is 12.1 Å². The molecule has 2 atom stereocenters. The van der Waals surface area contributed by atoms with E-state index in [1.807, 2.05) is 0 Å². The third-order valence-electron chi connectivity index (χ3n) is 5.62. The Hall–Kier alpha value is -0.610. The van der Waals surface area contributed by atoms with Gasteiger partial charge in [-0.1, -0.05) is 110 Å². The predicted molar refractivity (Wildman–Crippen MR) is 119 cm³/mol. The zero-order valence-electron chi connectivity index (χ0n) is 18.9. The maximum absolute atomic E-state index is 11.8. The Labute approximate surface area is 174 Å². The molecule has 0 bridgehead atoms. The van der Waals surface area contributed by atoms with Gasteiger partial charge in [0, 0.05) is 6.42 Å². The summed E-state index contributed by atoms with van der Waals surface area (Å²) < 4.78 is 0. The second-order valence-corrected chi connectivity index (χ2v) is 8.41. The molecule has 3 N–H and O–H groups in total. The molecule has 0 aromatic carbocycles. The second kappa shape index (κ2) is 21.1. The van der Waals surface area contributed by atoms with Crippen LogP contribution in [-0.2, 0) is 4.79 Å². The molecular weight excluding hydrogens is 350 g/mol. The van der Waals surface area contributed by atoms with Crippen molar-refractivity contribution >= 4 is 5.91 Å². The minimum atomic E-state index is -0.646. The number of nitrogens with one attached hydrogen (secondary N) is 1. The molecule has 0 rings (SSSR count). The van der Waals surface area contributed by atoms with Gasteiger partial charge in [-0.2, -0.15) is 0 Å². The lowest BCUT2D eigenvalue weighted by atomic mass is 10.0. The summed E-state index contributed by atoms with van der Waals surface area (Å²) in [6.07, 6.45) is 20.4. The van der Waals surface area contributed by atoms with Crippen LogP contribution in [0.15, 0.2) is 0 Å². The van der Waals surface area contributed by atoms with Crippen molar-refractivity contribution in [3.05, 3.63) is 0 Å². The van der Waals surface area contributed by atoms with Gasteiger partial charge in [0.05, 0.1) is 18.8 Å². The van der Waals surface area contributed by atoms with Crippen LogP contribution in [0.5, 0.6) is 0 Å². The van der Waals surface area contributed by atoms with E-state index in [1.54, 1.807) is 0 Å². The van der Waals surface area contributed by atoms with Gasteiger partial charge < -0.3 is 15.5 Å². The number of carbonyl (C=O) groups excluding carboxylic acids is 1. The number of aliphatic hydroxyl groups is 2. The van der Waals surface area contributed by atoms with Crippen molar-refractivity contribution in [2.75, 3.05) is 6.61 Å². The van der Waals surface area contributed by atoms with E-state index in [4.69, 9.17) is 0 Å². The van der Waals surface area contributed by atoms with Gasteiger partial charge in [-0.25, -0.2) is 0 Å². The van der Waals surface area contributed by atoms with Gasteiger partial charge >= 0.3 is 0 Å². The van der Waals surface area contributed by atoms with Crippen LogP contribution in [0.4, 0.5) is 0 Å². The third kappa shape index (κ3) is 17.5. The van der Waals surface area contributed by atoms with Crippen LogP contribution in [0.1, 0.15) is 129 Å². The number of carbonyl (C=O) groups is 1. The first-order chi connectivity index (χ1) is 13.7. The van der Waals surface area contributed by atoms with Gasteiger partial charge in [0.25, 0.3) is 0 Å². The first kappa shape index (κ1) is 27.4. The predicted octanol–water partition coefficient (Wildman–Crippen LogP) is 5.89. The van der Waals surface area contributed by atoms with Gasteiger partial charge in [0.2, 0.25) is 5.91 Å². The van der Waals surface area contributed by atoms with Gasteiger partial charge in [-0.15, -0.1) is 0 Å². The van der Waals surface area contributed by atoms with E-state index in [0.29, 0.717) is 12.8 Å². The van der Waals surface area contributed by atoms with Crippen molar-refractivity contribution in [1.29, 1.82) is 0 Å². The van der Waals surface area contributed by atoms with Crippen molar-refractivity contribution in [1.82, 2.24) is 5.32 Å². The molecule has 0 fully saturated rings. The number of hydrogen-bond acceptors (Lipinski definition) is 3. The second-order valence-electron chi connectivity index (χ2n) is 8.41. The highest BCUT2D eigenvalue weighted by atomic mass is 16.3. The average Bonchev–Trinajstić information content (AvgIpc) is 2.69. The van der Waals surface area contributed by atoms with Crippen LogP contribution in [0.2, 0.25) is 0 Å².